The van der Waals surface area contributed by atoms with Gasteiger partial charge >= 0.3 is 0 Å². The first-order valence-corrected chi connectivity index (χ1v) is 7.62. The van der Waals surface area contributed by atoms with Crippen molar-refractivity contribution in [2.24, 2.45) is 5.92 Å². The lowest BCUT2D eigenvalue weighted by atomic mass is 9.99. The van der Waals surface area contributed by atoms with Crippen LogP contribution in [0.4, 0.5) is 0 Å². The van der Waals surface area contributed by atoms with E-state index in [1.54, 1.807) is 0 Å². The lowest BCUT2D eigenvalue weighted by Crippen LogP contribution is -2.45. The van der Waals surface area contributed by atoms with Gasteiger partial charge in [0, 0.05) is 13.1 Å². The molecular formula is C17H25NO2. The molecule has 3 heteroatoms. The topological polar surface area (TPSA) is 29.5 Å². The van der Waals surface area contributed by atoms with Crippen LogP contribution in [-0.4, -0.2) is 30.0 Å². The molecule has 0 spiro atoms. The zero-order valence-corrected chi connectivity index (χ0v) is 12.8. The largest absolute Gasteiger partial charge is 0.481 e. The number of benzene rings is 1. The number of hydrogen-bond acceptors (Lipinski definition) is 2. The summed E-state index contributed by atoms with van der Waals surface area (Å²) in [6.07, 6.45) is 2.56. The van der Waals surface area contributed by atoms with Gasteiger partial charge in [-0.15, -0.1) is 0 Å². The molecule has 1 atom stereocenters. The number of hydrogen-bond donors (Lipinski definition) is 0. The highest BCUT2D eigenvalue weighted by Gasteiger charge is 2.27. The molecule has 0 radical (unpaired) electrons. The van der Waals surface area contributed by atoms with Crippen LogP contribution in [0.2, 0.25) is 0 Å². The zero-order chi connectivity index (χ0) is 14.5. The van der Waals surface area contributed by atoms with Crippen LogP contribution >= 0.6 is 0 Å². The van der Waals surface area contributed by atoms with E-state index in [9.17, 15) is 4.79 Å². The van der Waals surface area contributed by atoms with Crippen molar-refractivity contribution in [1.29, 1.82) is 0 Å². The Morgan fingerprint density at radius 1 is 1.30 bits per heavy atom. The van der Waals surface area contributed by atoms with Crippen molar-refractivity contribution >= 4 is 5.91 Å². The monoisotopic (exact) mass is 275 g/mol. The summed E-state index contributed by atoms with van der Waals surface area (Å²) in [6.45, 7) is 8.04. The Morgan fingerprint density at radius 3 is 2.45 bits per heavy atom. The molecule has 1 amide bonds. The fourth-order valence-electron chi connectivity index (χ4n) is 2.52. The number of piperidine rings is 1. The second-order valence-electron chi connectivity index (χ2n) is 5.84. The third kappa shape index (κ3) is 3.75. The Bertz CT molecular complexity index is 433. The molecule has 1 aliphatic rings. The minimum atomic E-state index is -0.355. The van der Waals surface area contributed by atoms with Gasteiger partial charge in [-0.25, -0.2) is 0 Å². The summed E-state index contributed by atoms with van der Waals surface area (Å²) >= 11 is 0. The molecule has 20 heavy (non-hydrogen) atoms. The number of carbonyl (C=O) groups excluding carboxylic acids is 1. The Morgan fingerprint density at radius 2 is 1.90 bits per heavy atom. The average Bonchev–Trinajstić information content (AvgIpc) is 2.47. The van der Waals surface area contributed by atoms with E-state index in [-0.39, 0.29) is 12.0 Å². The van der Waals surface area contributed by atoms with Gasteiger partial charge < -0.3 is 9.64 Å². The van der Waals surface area contributed by atoms with E-state index in [4.69, 9.17) is 4.74 Å². The highest BCUT2D eigenvalue weighted by atomic mass is 16.5. The first kappa shape index (κ1) is 14.9. The SMILES string of the molecule is CC[C@H](Oc1ccc(C)cc1)C(=O)N1CCC(C)CC1. The van der Waals surface area contributed by atoms with Crippen LogP contribution in [0, 0.1) is 12.8 Å². The Balaban J connectivity index is 1.97. The van der Waals surface area contributed by atoms with E-state index in [0.717, 1.165) is 37.6 Å². The van der Waals surface area contributed by atoms with Gasteiger partial charge in [0.2, 0.25) is 0 Å². The van der Waals surface area contributed by atoms with Crippen molar-refractivity contribution < 1.29 is 9.53 Å². The molecule has 1 aromatic carbocycles. The molecule has 110 valence electrons. The number of rotatable bonds is 4. The quantitative estimate of drug-likeness (QED) is 0.842. The van der Waals surface area contributed by atoms with E-state index in [1.165, 1.54) is 5.56 Å². The van der Waals surface area contributed by atoms with Crippen LogP contribution in [0.15, 0.2) is 24.3 Å². The number of likely N-dealkylation sites (tertiary alicyclic amines) is 1. The highest BCUT2D eigenvalue weighted by Crippen LogP contribution is 2.20. The van der Waals surface area contributed by atoms with Crippen LogP contribution in [0.5, 0.6) is 5.75 Å². The number of ether oxygens (including phenoxy) is 1. The average molecular weight is 275 g/mol. The van der Waals surface area contributed by atoms with Crippen molar-refractivity contribution in [3.8, 4) is 5.75 Å². The summed E-state index contributed by atoms with van der Waals surface area (Å²) in [5, 5.41) is 0. The van der Waals surface area contributed by atoms with Crippen molar-refractivity contribution in [3.05, 3.63) is 29.8 Å². The summed E-state index contributed by atoms with van der Waals surface area (Å²) in [6, 6.07) is 7.89. The molecular weight excluding hydrogens is 250 g/mol. The normalized spacial score (nSPS) is 17.9. The molecule has 1 aromatic rings. The van der Waals surface area contributed by atoms with E-state index in [2.05, 4.69) is 6.92 Å². The van der Waals surface area contributed by atoms with Crippen LogP contribution in [-0.2, 0) is 4.79 Å². The lowest BCUT2D eigenvalue weighted by Gasteiger charge is -2.32. The molecule has 0 N–H and O–H groups in total. The van der Waals surface area contributed by atoms with Gasteiger partial charge in [0.25, 0.3) is 5.91 Å². The Kier molecular flexibility index (Phi) is 5.05. The number of aryl methyl sites for hydroxylation is 1. The summed E-state index contributed by atoms with van der Waals surface area (Å²) in [7, 11) is 0. The van der Waals surface area contributed by atoms with Gasteiger partial charge in [-0.2, -0.15) is 0 Å². The molecule has 0 bridgehead atoms. The van der Waals surface area contributed by atoms with Crippen molar-refractivity contribution in [3.63, 3.8) is 0 Å². The van der Waals surface area contributed by atoms with Crippen LogP contribution < -0.4 is 4.74 Å². The van der Waals surface area contributed by atoms with Gasteiger partial charge in [-0.3, -0.25) is 4.79 Å². The fourth-order valence-corrected chi connectivity index (χ4v) is 2.52. The van der Waals surface area contributed by atoms with E-state index >= 15 is 0 Å². The molecule has 1 aliphatic heterocycles. The molecule has 0 aromatic heterocycles. The maximum Gasteiger partial charge on any atom is 0.263 e. The molecule has 0 unspecified atom stereocenters. The molecule has 2 rings (SSSR count). The standard InChI is InChI=1S/C17H25NO2/c1-4-16(20-15-7-5-13(2)6-8-15)17(19)18-11-9-14(3)10-12-18/h5-8,14,16H,4,9-12H2,1-3H3/t16-/m0/s1. The van der Waals surface area contributed by atoms with Crippen molar-refractivity contribution in [2.75, 3.05) is 13.1 Å². The van der Waals surface area contributed by atoms with Crippen molar-refractivity contribution in [1.82, 2.24) is 4.90 Å². The lowest BCUT2D eigenvalue weighted by molar-refractivity contribution is -0.140. The molecule has 1 heterocycles. The third-order valence-corrected chi connectivity index (χ3v) is 4.04. The van der Waals surface area contributed by atoms with Gasteiger partial charge in [0.05, 0.1) is 0 Å². The predicted octanol–water partition coefficient (Wildman–Crippen LogP) is 3.41. The van der Waals surface area contributed by atoms with Gasteiger partial charge in [-0.05, 0) is 44.2 Å². The second-order valence-corrected chi connectivity index (χ2v) is 5.84. The molecule has 1 saturated heterocycles. The molecule has 0 saturated carbocycles. The Hall–Kier alpha value is -1.51. The second kappa shape index (κ2) is 6.78. The summed E-state index contributed by atoms with van der Waals surface area (Å²) < 4.78 is 5.87. The Labute approximate surface area is 121 Å². The fraction of sp³-hybridized carbons (Fsp3) is 0.588. The third-order valence-electron chi connectivity index (χ3n) is 4.04. The van der Waals surface area contributed by atoms with Crippen LogP contribution in [0.1, 0.15) is 38.7 Å². The zero-order valence-electron chi connectivity index (χ0n) is 12.8. The summed E-state index contributed by atoms with van der Waals surface area (Å²) in [5.41, 5.74) is 1.20. The van der Waals surface area contributed by atoms with Crippen molar-refractivity contribution in [2.45, 2.75) is 46.1 Å². The molecule has 1 fully saturated rings. The van der Waals surface area contributed by atoms with E-state index in [1.807, 2.05) is 43.0 Å². The minimum Gasteiger partial charge on any atom is -0.481 e. The summed E-state index contributed by atoms with van der Waals surface area (Å²) in [4.78, 5) is 14.5. The first-order chi connectivity index (χ1) is 9.60. The van der Waals surface area contributed by atoms with E-state index in [0.29, 0.717) is 6.42 Å². The maximum atomic E-state index is 12.5. The highest BCUT2D eigenvalue weighted by molar-refractivity contribution is 5.81. The number of amides is 1. The van der Waals surface area contributed by atoms with Crippen LogP contribution in [0.3, 0.4) is 0 Å². The maximum absolute atomic E-state index is 12.5. The number of nitrogens with zero attached hydrogens (tertiary/aromatic N) is 1. The summed E-state index contributed by atoms with van der Waals surface area (Å²) in [5.74, 6) is 1.65. The number of carbonyl (C=O) groups is 1. The van der Waals surface area contributed by atoms with E-state index < -0.39 is 0 Å². The minimum absolute atomic E-state index is 0.139. The smallest absolute Gasteiger partial charge is 0.263 e. The van der Waals surface area contributed by atoms with Gasteiger partial charge in [-0.1, -0.05) is 31.5 Å². The van der Waals surface area contributed by atoms with Crippen LogP contribution in [0.25, 0.3) is 0 Å². The predicted molar refractivity (Wildman–Crippen MR) is 80.9 cm³/mol. The molecule has 0 aliphatic carbocycles. The first-order valence-electron chi connectivity index (χ1n) is 7.62. The molecule has 3 nitrogen and oxygen atoms in total. The van der Waals surface area contributed by atoms with Gasteiger partial charge in [0.15, 0.2) is 6.10 Å². The van der Waals surface area contributed by atoms with Gasteiger partial charge in [0.1, 0.15) is 5.75 Å².